The zero-order valence-corrected chi connectivity index (χ0v) is 14.7. The Kier molecular flexibility index (Phi) is 3.71. The quantitative estimate of drug-likeness (QED) is 0.563. The van der Waals surface area contributed by atoms with Crippen LogP contribution in [-0.2, 0) is 11.2 Å². The molecule has 3 aromatic heterocycles. The second-order valence-electron chi connectivity index (χ2n) is 6.86. The molecule has 26 heavy (non-hydrogen) atoms. The lowest BCUT2D eigenvalue weighted by Crippen LogP contribution is -2.21. The summed E-state index contributed by atoms with van der Waals surface area (Å²) >= 11 is 0. The van der Waals surface area contributed by atoms with Crippen LogP contribution in [0.15, 0.2) is 41.1 Å². The Morgan fingerprint density at radius 2 is 2.00 bits per heavy atom. The second-order valence-corrected chi connectivity index (χ2v) is 6.86. The first kappa shape index (κ1) is 15.5. The third-order valence-corrected chi connectivity index (χ3v) is 5.07. The van der Waals surface area contributed by atoms with E-state index < -0.39 is 0 Å². The Balaban J connectivity index is 1.73. The molecule has 1 aliphatic heterocycles. The summed E-state index contributed by atoms with van der Waals surface area (Å²) in [4.78, 5) is 9.51. The third-order valence-electron chi connectivity index (χ3n) is 5.07. The average molecular weight is 348 g/mol. The summed E-state index contributed by atoms with van der Waals surface area (Å²) in [5.41, 5.74) is 4.00. The fourth-order valence-electron chi connectivity index (χ4n) is 3.90. The maximum atomic E-state index is 5.59. The zero-order valence-electron chi connectivity index (χ0n) is 14.7. The minimum atomic E-state index is 0.377. The number of ether oxygens (including phenoxy) is 1. The molecule has 1 fully saturated rings. The molecule has 0 bridgehead atoms. The van der Waals surface area contributed by atoms with Crippen molar-refractivity contribution >= 4 is 21.9 Å². The van der Waals surface area contributed by atoms with Gasteiger partial charge in [0.2, 0.25) is 0 Å². The van der Waals surface area contributed by atoms with Gasteiger partial charge in [0.05, 0.1) is 29.3 Å². The molecule has 0 aliphatic carbocycles. The van der Waals surface area contributed by atoms with E-state index in [1.54, 1.807) is 0 Å². The highest BCUT2D eigenvalue weighted by molar-refractivity contribution is 6.02. The van der Waals surface area contributed by atoms with Gasteiger partial charge in [0.25, 0.3) is 0 Å². The van der Waals surface area contributed by atoms with E-state index in [9.17, 15) is 0 Å². The number of aromatic nitrogens is 4. The minimum Gasteiger partial charge on any atom is -0.381 e. The lowest BCUT2D eigenvalue weighted by atomic mass is 10.1. The van der Waals surface area contributed by atoms with Gasteiger partial charge in [-0.05, 0) is 25.8 Å². The van der Waals surface area contributed by atoms with E-state index in [0.29, 0.717) is 12.5 Å². The highest BCUT2D eigenvalue weighted by Gasteiger charge is 2.24. The van der Waals surface area contributed by atoms with Crippen LogP contribution < -0.4 is 0 Å². The Bertz CT molecular complexity index is 1080. The van der Waals surface area contributed by atoms with Crippen LogP contribution in [0.3, 0.4) is 0 Å². The standard InChI is InChI=1S/C20H20N4O2/c1-13-10-14(23-26-13)11-19-22-18-12-21-17-5-3-2-4-16(17)20(18)24(19)15-6-8-25-9-7-15/h2-5,10,12,15H,6-9,11H2,1H3. The van der Waals surface area contributed by atoms with Crippen LogP contribution >= 0.6 is 0 Å². The van der Waals surface area contributed by atoms with Crippen molar-refractivity contribution in [1.29, 1.82) is 0 Å². The Hall–Kier alpha value is -2.73. The molecule has 0 N–H and O–H groups in total. The molecular weight excluding hydrogens is 328 g/mol. The Morgan fingerprint density at radius 1 is 1.15 bits per heavy atom. The first-order chi connectivity index (χ1) is 12.8. The molecule has 132 valence electrons. The fourth-order valence-corrected chi connectivity index (χ4v) is 3.90. The van der Waals surface area contributed by atoms with E-state index >= 15 is 0 Å². The summed E-state index contributed by atoms with van der Waals surface area (Å²) in [5.74, 6) is 1.83. The molecular formula is C20H20N4O2. The number of imidazole rings is 1. The fraction of sp³-hybridized carbons (Fsp3) is 0.350. The van der Waals surface area contributed by atoms with Crippen molar-refractivity contribution in [2.45, 2.75) is 32.2 Å². The lowest BCUT2D eigenvalue weighted by Gasteiger charge is -2.26. The molecule has 0 atom stereocenters. The molecule has 0 saturated carbocycles. The topological polar surface area (TPSA) is 66.0 Å². The first-order valence-corrected chi connectivity index (χ1v) is 9.04. The van der Waals surface area contributed by atoms with Crippen LogP contribution in [0, 0.1) is 6.92 Å². The van der Waals surface area contributed by atoms with Gasteiger partial charge in [-0.25, -0.2) is 4.98 Å². The van der Waals surface area contributed by atoms with Gasteiger partial charge in [0.1, 0.15) is 17.1 Å². The predicted octanol–water partition coefficient (Wildman–Crippen LogP) is 3.82. The van der Waals surface area contributed by atoms with Crippen LogP contribution in [0.5, 0.6) is 0 Å². The van der Waals surface area contributed by atoms with Crippen molar-refractivity contribution in [2.75, 3.05) is 13.2 Å². The molecule has 0 unspecified atom stereocenters. The largest absolute Gasteiger partial charge is 0.381 e. The molecule has 4 aromatic rings. The van der Waals surface area contributed by atoms with Crippen molar-refractivity contribution in [3.8, 4) is 0 Å². The van der Waals surface area contributed by atoms with E-state index in [4.69, 9.17) is 14.2 Å². The van der Waals surface area contributed by atoms with E-state index in [0.717, 1.165) is 65.3 Å². The van der Waals surface area contributed by atoms with E-state index in [1.807, 2.05) is 25.3 Å². The summed E-state index contributed by atoms with van der Waals surface area (Å²) in [7, 11) is 0. The maximum absolute atomic E-state index is 5.59. The number of rotatable bonds is 3. The minimum absolute atomic E-state index is 0.377. The summed E-state index contributed by atoms with van der Waals surface area (Å²) in [6.07, 6.45) is 4.52. The van der Waals surface area contributed by atoms with Gasteiger partial charge in [-0.2, -0.15) is 0 Å². The van der Waals surface area contributed by atoms with Gasteiger partial charge < -0.3 is 13.8 Å². The highest BCUT2D eigenvalue weighted by atomic mass is 16.5. The van der Waals surface area contributed by atoms with Gasteiger partial charge in [0, 0.05) is 30.7 Å². The van der Waals surface area contributed by atoms with E-state index in [2.05, 4.69) is 32.9 Å². The molecule has 1 saturated heterocycles. The van der Waals surface area contributed by atoms with Gasteiger partial charge >= 0.3 is 0 Å². The van der Waals surface area contributed by atoms with Crippen molar-refractivity contribution in [2.24, 2.45) is 0 Å². The Labute approximate surface area is 150 Å². The predicted molar refractivity (Wildman–Crippen MR) is 98.2 cm³/mol. The second kappa shape index (κ2) is 6.21. The highest BCUT2D eigenvalue weighted by Crippen LogP contribution is 2.32. The normalized spacial score (nSPS) is 15.9. The first-order valence-electron chi connectivity index (χ1n) is 9.04. The molecule has 6 nitrogen and oxygen atoms in total. The van der Waals surface area contributed by atoms with Gasteiger partial charge in [-0.15, -0.1) is 0 Å². The van der Waals surface area contributed by atoms with Crippen LogP contribution in [0.25, 0.3) is 21.9 Å². The zero-order chi connectivity index (χ0) is 17.5. The van der Waals surface area contributed by atoms with E-state index in [-0.39, 0.29) is 0 Å². The number of fused-ring (bicyclic) bond motifs is 3. The van der Waals surface area contributed by atoms with Gasteiger partial charge in [-0.1, -0.05) is 23.4 Å². The van der Waals surface area contributed by atoms with Gasteiger partial charge in [0.15, 0.2) is 0 Å². The molecule has 0 spiro atoms. The number of pyridine rings is 1. The number of para-hydroxylation sites is 1. The smallest absolute Gasteiger partial charge is 0.133 e. The van der Waals surface area contributed by atoms with Crippen molar-refractivity contribution in [1.82, 2.24) is 19.7 Å². The number of aryl methyl sites for hydroxylation is 1. The molecule has 1 aromatic carbocycles. The number of nitrogens with zero attached hydrogens (tertiary/aromatic N) is 4. The maximum Gasteiger partial charge on any atom is 0.133 e. The lowest BCUT2D eigenvalue weighted by molar-refractivity contribution is 0.0700. The van der Waals surface area contributed by atoms with Crippen LogP contribution in [0.1, 0.15) is 36.2 Å². The number of hydrogen-bond acceptors (Lipinski definition) is 5. The number of hydrogen-bond donors (Lipinski definition) is 0. The van der Waals surface area contributed by atoms with Crippen LogP contribution in [-0.4, -0.2) is 32.9 Å². The molecule has 0 amide bonds. The summed E-state index contributed by atoms with van der Waals surface area (Å²) in [6.45, 7) is 3.49. The van der Waals surface area contributed by atoms with E-state index in [1.165, 1.54) is 0 Å². The van der Waals surface area contributed by atoms with Crippen LogP contribution in [0.4, 0.5) is 0 Å². The Morgan fingerprint density at radius 3 is 2.81 bits per heavy atom. The third kappa shape index (κ3) is 2.57. The van der Waals surface area contributed by atoms with Crippen LogP contribution in [0.2, 0.25) is 0 Å². The molecule has 5 rings (SSSR count). The molecule has 0 radical (unpaired) electrons. The van der Waals surface area contributed by atoms with Gasteiger partial charge in [-0.3, -0.25) is 4.98 Å². The van der Waals surface area contributed by atoms with Crippen molar-refractivity contribution in [3.63, 3.8) is 0 Å². The van der Waals surface area contributed by atoms with Crippen molar-refractivity contribution < 1.29 is 9.26 Å². The molecule has 4 heterocycles. The van der Waals surface area contributed by atoms with Crippen molar-refractivity contribution in [3.05, 3.63) is 53.8 Å². The SMILES string of the molecule is Cc1cc(Cc2nc3cnc4ccccc4c3n2C2CCOCC2)no1. The molecule has 6 heteroatoms. The summed E-state index contributed by atoms with van der Waals surface area (Å²) in [6, 6.07) is 10.6. The summed E-state index contributed by atoms with van der Waals surface area (Å²) in [5, 5.41) is 5.31. The average Bonchev–Trinajstić information content (AvgIpc) is 3.25. The monoisotopic (exact) mass is 348 g/mol. The summed E-state index contributed by atoms with van der Waals surface area (Å²) < 4.78 is 13.2. The number of benzene rings is 1. The molecule has 1 aliphatic rings.